The van der Waals surface area contributed by atoms with Crippen molar-refractivity contribution in [3.63, 3.8) is 0 Å². The highest BCUT2D eigenvalue weighted by molar-refractivity contribution is 5.17. The van der Waals surface area contributed by atoms with Crippen LogP contribution in [-0.4, -0.2) is 12.6 Å². The first kappa shape index (κ1) is 8.74. The second-order valence-electron chi connectivity index (χ2n) is 4.72. The summed E-state index contributed by atoms with van der Waals surface area (Å²) >= 11 is 0. The van der Waals surface area contributed by atoms with E-state index in [2.05, 4.69) is 11.5 Å². The molecule has 14 heavy (non-hydrogen) atoms. The average Bonchev–Trinajstić information content (AvgIpc) is 2.67. The summed E-state index contributed by atoms with van der Waals surface area (Å²) < 4.78 is 5.59. The molecular formula is C11H18N2O. The number of ether oxygens (including phenoxy) is 1. The molecule has 3 aliphatic rings. The highest BCUT2D eigenvalue weighted by Gasteiger charge is 2.56. The lowest BCUT2D eigenvalue weighted by Gasteiger charge is -2.18. The van der Waals surface area contributed by atoms with Crippen LogP contribution in [0.5, 0.6) is 0 Å². The van der Waals surface area contributed by atoms with Crippen molar-refractivity contribution in [1.29, 1.82) is 0 Å². The highest BCUT2D eigenvalue weighted by Crippen LogP contribution is 2.59. The van der Waals surface area contributed by atoms with Crippen molar-refractivity contribution in [2.24, 2.45) is 23.6 Å². The minimum Gasteiger partial charge on any atom is -0.496 e. The first-order valence-electron chi connectivity index (χ1n) is 5.71. The Labute approximate surface area is 84.7 Å². The van der Waals surface area contributed by atoms with Crippen LogP contribution in [0.2, 0.25) is 0 Å². The largest absolute Gasteiger partial charge is 0.496 e. The van der Waals surface area contributed by atoms with Crippen molar-refractivity contribution in [1.82, 2.24) is 5.43 Å². The lowest BCUT2D eigenvalue weighted by molar-refractivity contribution is 0.203. The molecule has 0 aromatic rings. The monoisotopic (exact) mass is 194 g/mol. The molecule has 0 amide bonds. The Kier molecular flexibility index (Phi) is 2.03. The summed E-state index contributed by atoms with van der Waals surface area (Å²) in [6.07, 6.45) is 7.47. The van der Waals surface area contributed by atoms with Crippen LogP contribution in [0.3, 0.4) is 0 Å². The molecule has 78 valence electrons. The van der Waals surface area contributed by atoms with Crippen LogP contribution in [0.25, 0.3) is 0 Å². The van der Waals surface area contributed by atoms with E-state index in [-0.39, 0.29) is 0 Å². The van der Waals surface area contributed by atoms with Gasteiger partial charge in [0.1, 0.15) is 5.76 Å². The minimum absolute atomic E-state index is 0.299. The number of hydrogen-bond donors (Lipinski definition) is 2. The molecule has 1 heterocycles. The van der Waals surface area contributed by atoms with E-state index in [9.17, 15) is 0 Å². The fourth-order valence-electron chi connectivity index (χ4n) is 3.41. The molecule has 1 aliphatic heterocycles. The molecule has 2 aliphatic carbocycles. The van der Waals surface area contributed by atoms with Gasteiger partial charge < -0.3 is 4.74 Å². The van der Waals surface area contributed by atoms with Crippen molar-refractivity contribution in [2.75, 3.05) is 6.61 Å². The van der Waals surface area contributed by atoms with E-state index in [0.29, 0.717) is 6.04 Å². The van der Waals surface area contributed by atoms with E-state index >= 15 is 0 Å². The fraction of sp³-hybridized carbons (Fsp3) is 0.818. The first-order valence-corrected chi connectivity index (χ1v) is 5.71. The van der Waals surface area contributed by atoms with Gasteiger partial charge in [-0.05, 0) is 36.7 Å². The lowest BCUT2D eigenvalue weighted by Crippen LogP contribution is -2.39. The third kappa shape index (κ3) is 1.19. The summed E-state index contributed by atoms with van der Waals surface area (Å²) in [5, 5.41) is 0. The Morgan fingerprint density at radius 2 is 2.21 bits per heavy atom. The highest BCUT2D eigenvalue weighted by atomic mass is 16.5. The smallest absolute Gasteiger partial charge is 0.111 e. The molecule has 3 N–H and O–H groups in total. The SMILES string of the molecule is NNC(C1=CCCO1)C1C2CCCC21. The van der Waals surface area contributed by atoms with E-state index in [1.165, 1.54) is 19.3 Å². The summed E-state index contributed by atoms with van der Waals surface area (Å²) in [7, 11) is 0. The maximum Gasteiger partial charge on any atom is 0.111 e. The van der Waals surface area contributed by atoms with E-state index in [1.807, 2.05) is 0 Å². The zero-order valence-corrected chi connectivity index (χ0v) is 8.41. The molecular weight excluding hydrogens is 176 g/mol. The Morgan fingerprint density at radius 3 is 2.79 bits per heavy atom. The Balaban J connectivity index is 1.70. The van der Waals surface area contributed by atoms with Gasteiger partial charge in [0.15, 0.2) is 0 Å². The zero-order chi connectivity index (χ0) is 9.54. The average molecular weight is 194 g/mol. The maximum atomic E-state index is 5.63. The fourth-order valence-corrected chi connectivity index (χ4v) is 3.41. The Bertz CT molecular complexity index is 254. The summed E-state index contributed by atoms with van der Waals surface area (Å²) in [5.74, 6) is 9.35. The van der Waals surface area contributed by atoms with Crippen molar-refractivity contribution < 1.29 is 4.74 Å². The van der Waals surface area contributed by atoms with Gasteiger partial charge in [0.25, 0.3) is 0 Å². The third-order valence-electron chi connectivity index (χ3n) is 4.08. The number of rotatable bonds is 3. The van der Waals surface area contributed by atoms with E-state index in [0.717, 1.165) is 36.5 Å². The molecule has 3 heteroatoms. The van der Waals surface area contributed by atoms with Crippen LogP contribution >= 0.6 is 0 Å². The van der Waals surface area contributed by atoms with Gasteiger partial charge in [-0.25, -0.2) is 5.43 Å². The molecule has 2 saturated carbocycles. The van der Waals surface area contributed by atoms with Gasteiger partial charge in [-0.2, -0.15) is 0 Å². The molecule has 0 radical (unpaired) electrons. The summed E-state index contributed by atoms with van der Waals surface area (Å²) in [5.41, 5.74) is 2.94. The van der Waals surface area contributed by atoms with Crippen LogP contribution in [0.15, 0.2) is 11.8 Å². The number of hydrazine groups is 1. The van der Waals surface area contributed by atoms with Crippen LogP contribution in [0.1, 0.15) is 25.7 Å². The van der Waals surface area contributed by atoms with Gasteiger partial charge >= 0.3 is 0 Å². The van der Waals surface area contributed by atoms with Gasteiger partial charge in [-0.15, -0.1) is 0 Å². The van der Waals surface area contributed by atoms with Crippen LogP contribution < -0.4 is 11.3 Å². The predicted octanol–water partition coefficient (Wildman–Crippen LogP) is 1.17. The lowest BCUT2D eigenvalue weighted by atomic mass is 10.0. The normalized spacial score (nSPS) is 41.5. The summed E-state index contributed by atoms with van der Waals surface area (Å²) in [6.45, 7) is 0.843. The summed E-state index contributed by atoms with van der Waals surface area (Å²) in [4.78, 5) is 0. The Hall–Kier alpha value is -0.540. The van der Waals surface area contributed by atoms with E-state index < -0.39 is 0 Å². The second-order valence-corrected chi connectivity index (χ2v) is 4.72. The van der Waals surface area contributed by atoms with Crippen molar-refractivity contribution in [3.05, 3.63) is 11.8 Å². The second kappa shape index (κ2) is 3.24. The molecule has 0 aromatic carbocycles. The van der Waals surface area contributed by atoms with Crippen LogP contribution in [0.4, 0.5) is 0 Å². The Morgan fingerprint density at radius 1 is 1.43 bits per heavy atom. The number of nitrogens with two attached hydrogens (primary N) is 1. The minimum atomic E-state index is 0.299. The van der Waals surface area contributed by atoms with Crippen molar-refractivity contribution in [2.45, 2.75) is 31.7 Å². The topological polar surface area (TPSA) is 47.3 Å². The van der Waals surface area contributed by atoms with Crippen LogP contribution in [0, 0.1) is 17.8 Å². The molecule has 3 rings (SSSR count). The van der Waals surface area contributed by atoms with Gasteiger partial charge in [-0.1, -0.05) is 6.42 Å². The number of hydrogen-bond acceptors (Lipinski definition) is 3. The van der Waals surface area contributed by atoms with E-state index in [4.69, 9.17) is 10.6 Å². The standard InChI is InChI=1S/C11H18N2O/c12-13-11(9-5-2-6-14-9)10-7-3-1-4-8(7)10/h5,7-8,10-11,13H,1-4,6,12H2. The van der Waals surface area contributed by atoms with Gasteiger partial charge in [0.2, 0.25) is 0 Å². The van der Waals surface area contributed by atoms with Crippen LogP contribution in [-0.2, 0) is 4.74 Å². The molecule has 0 aromatic heterocycles. The number of fused-ring (bicyclic) bond motifs is 1. The van der Waals surface area contributed by atoms with Crippen molar-refractivity contribution >= 4 is 0 Å². The molecule has 3 atom stereocenters. The number of nitrogens with one attached hydrogen (secondary N) is 1. The summed E-state index contributed by atoms with van der Waals surface area (Å²) in [6, 6.07) is 0.299. The molecule has 0 saturated heterocycles. The maximum absolute atomic E-state index is 5.63. The molecule has 0 bridgehead atoms. The molecule has 0 spiro atoms. The van der Waals surface area contributed by atoms with Crippen molar-refractivity contribution in [3.8, 4) is 0 Å². The zero-order valence-electron chi connectivity index (χ0n) is 8.41. The molecule has 2 fully saturated rings. The molecule has 3 nitrogen and oxygen atoms in total. The predicted molar refractivity (Wildman–Crippen MR) is 54.1 cm³/mol. The molecule has 3 unspecified atom stereocenters. The van der Waals surface area contributed by atoms with Gasteiger partial charge in [0.05, 0.1) is 12.6 Å². The van der Waals surface area contributed by atoms with E-state index in [1.54, 1.807) is 0 Å². The third-order valence-corrected chi connectivity index (χ3v) is 4.08. The van der Waals surface area contributed by atoms with Gasteiger partial charge in [0, 0.05) is 6.42 Å². The first-order chi connectivity index (χ1) is 6.92. The van der Waals surface area contributed by atoms with Gasteiger partial charge in [-0.3, -0.25) is 5.84 Å². The quantitative estimate of drug-likeness (QED) is 0.523.